The molecular formula is C20H21ClN2O3. The molecule has 0 aliphatic carbocycles. The van der Waals surface area contributed by atoms with E-state index >= 15 is 0 Å². The van der Waals surface area contributed by atoms with E-state index in [-0.39, 0.29) is 18.4 Å². The second-order valence-electron chi connectivity index (χ2n) is 6.87. The van der Waals surface area contributed by atoms with E-state index in [4.69, 9.17) is 16.3 Å². The Labute approximate surface area is 157 Å². The first-order valence-electron chi connectivity index (χ1n) is 8.47. The van der Waals surface area contributed by atoms with E-state index in [2.05, 4.69) is 5.32 Å². The van der Waals surface area contributed by atoms with Gasteiger partial charge >= 0.3 is 0 Å². The highest BCUT2D eigenvalue weighted by atomic mass is 35.5. The summed E-state index contributed by atoms with van der Waals surface area (Å²) in [5, 5.41) is 3.42. The highest BCUT2D eigenvalue weighted by Gasteiger charge is 2.37. The number of halogens is 1. The summed E-state index contributed by atoms with van der Waals surface area (Å²) in [6, 6.07) is 12.0. The van der Waals surface area contributed by atoms with E-state index in [1.807, 2.05) is 20.8 Å². The Hall–Kier alpha value is -2.53. The summed E-state index contributed by atoms with van der Waals surface area (Å²) in [6.45, 7) is 6.50. The molecule has 0 atom stereocenters. The number of nitrogens with zero attached hydrogens (tertiary/aromatic N) is 1. The molecule has 0 saturated heterocycles. The van der Waals surface area contributed by atoms with Gasteiger partial charge in [0.15, 0.2) is 0 Å². The average Bonchev–Trinajstić information content (AvgIpc) is 2.70. The molecule has 3 rings (SSSR count). The first kappa shape index (κ1) is 18.3. The van der Waals surface area contributed by atoms with Crippen LogP contribution < -0.4 is 15.0 Å². The van der Waals surface area contributed by atoms with Crippen molar-refractivity contribution < 1.29 is 14.3 Å². The van der Waals surface area contributed by atoms with Crippen LogP contribution in [0.5, 0.6) is 5.75 Å². The van der Waals surface area contributed by atoms with E-state index in [0.29, 0.717) is 34.3 Å². The van der Waals surface area contributed by atoms with Gasteiger partial charge in [0, 0.05) is 28.9 Å². The summed E-state index contributed by atoms with van der Waals surface area (Å²) < 4.78 is 5.88. The highest BCUT2D eigenvalue weighted by molar-refractivity contribution is 6.30. The van der Waals surface area contributed by atoms with Gasteiger partial charge in [-0.15, -0.1) is 0 Å². The Morgan fingerprint density at radius 2 is 1.92 bits per heavy atom. The maximum atomic E-state index is 12.7. The van der Waals surface area contributed by atoms with Crippen LogP contribution in [0.1, 0.15) is 31.1 Å². The summed E-state index contributed by atoms with van der Waals surface area (Å²) >= 11 is 5.85. The number of ether oxygens (including phenoxy) is 1. The smallest absolute Gasteiger partial charge is 0.255 e. The van der Waals surface area contributed by atoms with Crippen LogP contribution in [0.25, 0.3) is 0 Å². The Morgan fingerprint density at radius 1 is 1.23 bits per heavy atom. The molecule has 0 radical (unpaired) electrons. The van der Waals surface area contributed by atoms with Gasteiger partial charge in [0.05, 0.1) is 11.1 Å². The molecule has 0 spiro atoms. The SMILES string of the molecule is CCN1C(=O)C(C)(C)COc2cc(NC(=O)c3ccc(Cl)cc3)ccc21. The van der Waals surface area contributed by atoms with Crippen molar-refractivity contribution in [1.29, 1.82) is 0 Å². The Balaban J connectivity index is 1.87. The lowest BCUT2D eigenvalue weighted by Gasteiger charge is -2.26. The molecule has 2 aromatic carbocycles. The lowest BCUT2D eigenvalue weighted by molar-refractivity contribution is -0.127. The summed E-state index contributed by atoms with van der Waals surface area (Å²) in [5.74, 6) is 0.371. The van der Waals surface area contributed by atoms with Crippen molar-refractivity contribution >= 4 is 34.8 Å². The number of fused-ring (bicyclic) bond motifs is 1. The van der Waals surface area contributed by atoms with E-state index in [1.54, 1.807) is 47.4 Å². The van der Waals surface area contributed by atoms with E-state index in [1.165, 1.54) is 0 Å². The number of rotatable bonds is 3. The van der Waals surface area contributed by atoms with Crippen molar-refractivity contribution in [1.82, 2.24) is 0 Å². The second-order valence-corrected chi connectivity index (χ2v) is 7.30. The summed E-state index contributed by atoms with van der Waals surface area (Å²) in [6.07, 6.45) is 0. The van der Waals surface area contributed by atoms with Crippen LogP contribution in [0.4, 0.5) is 11.4 Å². The number of carbonyl (C=O) groups is 2. The van der Waals surface area contributed by atoms with E-state index in [9.17, 15) is 9.59 Å². The van der Waals surface area contributed by atoms with Crippen LogP contribution in [0.15, 0.2) is 42.5 Å². The maximum Gasteiger partial charge on any atom is 0.255 e. The van der Waals surface area contributed by atoms with Gasteiger partial charge < -0.3 is 15.0 Å². The number of benzene rings is 2. The fourth-order valence-electron chi connectivity index (χ4n) is 2.84. The monoisotopic (exact) mass is 372 g/mol. The third-order valence-electron chi connectivity index (χ3n) is 4.34. The van der Waals surface area contributed by atoms with Gasteiger partial charge in [0.2, 0.25) is 5.91 Å². The summed E-state index contributed by atoms with van der Waals surface area (Å²) in [5.41, 5.74) is 1.22. The van der Waals surface area contributed by atoms with Gasteiger partial charge in [0.1, 0.15) is 12.4 Å². The number of amides is 2. The van der Waals surface area contributed by atoms with Gasteiger partial charge in [-0.3, -0.25) is 9.59 Å². The fourth-order valence-corrected chi connectivity index (χ4v) is 2.97. The van der Waals surface area contributed by atoms with Crippen molar-refractivity contribution in [2.45, 2.75) is 20.8 Å². The average molecular weight is 373 g/mol. The maximum absolute atomic E-state index is 12.7. The number of nitrogens with one attached hydrogen (secondary N) is 1. The van der Waals surface area contributed by atoms with Crippen molar-refractivity contribution in [2.75, 3.05) is 23.4 Å². The molecule has 1 aliphatic rings. The molecule has 0 bridgehead atoms. The van der Waals surface area contributed by atoms with Crippen LogP contribution in [0.3, 0.4) is 0 Å². The van der Waals surface area contributed by atoms with Gasteiger partial charge in [0.25, 0.3) is 5.91 Å². The zero-order valence-corrected chi connectivity index (χ0v) is 15.8. The molecular weight excluding hydrogens is 352 g/mol. The normalized spacial score (nSPS) is 15.7. The van der Waals surface area contributed by atoms with Crippen molar-refractivity contribution in [3.05, 3.63) is 53.1 Å². The van der Waals surface area contributed by atoms with Gasteiger partial charge in [-0.1, -0.05) is 11.6 Å². The molecule has 2 amide bonds. The predicted octanol–water partition coefficient (Wildman–Crippen LogP) is 4.36. The van der Waals surface area contributed by atoms with Gasteiger partial charge in [-0.25, -0.2) is 0 Å². The van der Waals surface area contributed by atoms with Crippen LogP contribution in [-0.2, 0) is 4.79 Å². The van der Waals surface area contributed by atoms with Gasteiger partial charge in [-0.05, 0) is 57.2 Å². The summed E-state index contributed by atoms with van der Waals surface area (Å²) in [7, 11) is 0. The molecule has 2 aromatic rings. The number of hydrogen-bond donors (Lipinski definition) is 1. The molecule has 0 unspecified atom stereocenters. The third-order valence-corrected chi connectivity index (χ3v) is 4.60. The molecule has 26 heavy (non-hydrogen) atoms. The zero-order valence-electron chi connectivity index (χ0n) is 15.0. The van der Waals surface area contributed by atoms with Crippen LogP contribution in [-0.4, -0.2) is 25.0 Å². The first-order valence-corrected chi connectivity index (χ1v) is 8.85. The van der Waals surface area contributed by atoms with Crippen molar-refractivity contribution in [3.63, 3.8) is 0 Å². The second kappa shape index (κ2) is 7.00. The van der Waals surface area contributed by atoms with Crippen LogP contribution in [0.2, 0.25) is 5.02 Å². The lowest BCUT2D eigenvalue weighted by atomic mass is 9.93. The van der Waals surface area contributed by atoms with E-state index in [0.717, 1.165) is 0 Å². The van der Waals surface area contributed by atoms with Crippen molar-refractivity contribution in [3.8, 4) is 5.75 Å². The van der Waals surface area contributed by atoms with Crippen LogP contribution in [0, 0.1) is 5.41 Å². The molecule has 1 heterocycles. The first-order chi connectivity index (χ1) is 12.3. The highest BCUT2D eigenvalue weighted by Crippen LogP contribution is 2.38. The molecule has 5 nitrogen and oxygen atoms in total. The summed E-state index contributed by atoms with van der Waals surface area (Å²) in [4.78, 5) is 26.8. The minimum atomic E-state index is -0.609. The molecule has 136 valence electrons. The zero-order chi connectivity index (χ0) is 18.9. The minimum Gasteiger partial charge on any atom is -0.490 e. The Kier molecular flexibility index (Phi) is 4.92. The Morgan fingerprint density at radius 3 is 2.58 bits per heavy atom. The molecule has 0 fully saturated rings. The number of hydrogen-bond acceptors (Lipinski definition) is 3. The number of anilines is 2. The molecule has 0 aromatic heterocycles. The van der Waals surface area contributed by atoms with Crippen LogP contribution >= 0.6 is 11.6 Å². The molecule has 1 aliphatic heterocycles. The fraction of sp³-hybridized carbons (Fsp3) is 0.300. The predicted molar refractivity (Wildman–Crippen MR) is 103 cm³/mol. The largest absolute Gasteiger partial charge is 0.490 e. The number of carbonyl (C=O) groups excluding carboxylic acids is 2. The van der Waals surface area contributed by atoms with Gasteiger partial charge in [-0.2, -0.15) is 0 Å². The lowest BCUT2D eigenvalue weighted by Crippen LogP contribution is -2.42. The Bertz CT molecular complexity index is 847. The molecule has 1 N–H and O–H groups in total. The molecule has 0 saturated carbocycles. The quantitative estimate of drug-likeness (QED) is 0.870. The topological polar surface area (TPSA) is 58.6 Å². The minimum absolute atomic E-state index is 0.0247. The molecule has 6 heteroatoms. The standard InChI is InChI=1S/C20H21ClN2O3/c1-4-23-16-10-9-15(11-17(16)26-12-20(2,3)19(23)25)22-18(24)13-5-7-14(21)8-6-13/h5-11H,4,12H2,1-3H3,(H,22,24). The van der Waals surface area contributed by atoms with E-state index < -0.39 is 5.41 Å². The third kappa shape index (κ3) is 3.53. The van der Waals surface area contributed by atoms with Crippen molar-refractivity contribution in [2.24, 2.45) is 5.41 Å².